The highest BCUT2D eigenvalue weighted by molar-refractivity contribution is 5.80. The SMILES string of the molecule is CCCCCCCCCCCCCCCCCCCCCCCCCCC(O)C(=O)NC(COC1OC(CO)C(O)C(O)C1O)C(O)CCCCCCCCCCCCCCCCCCC. The molecule has 1 aliphatic rings. The van der Waals surface area contributed by atoms with E-state index in [1.807, 2.05) is 0 Å². The van der Waals surface area contributed by atoms with E-state index in [1.165, 1.54) is 225 Å². The van der Waals surface area contributed by atoms with Gasteiger partial charge in [-0.15, -0.1) is 0 Å². The lowest BCUT2D eigenvalue weighted by atomic mass is 9.99. The molecule has 7 N–H and O–H groups in total. The van der Waals surface area contributed by atoms with Gasteiger partial charge in [-0.3, -0.25) is 4.79 Å². The molecular formula is C56H111NO9. The van der Waals surface area contributed by atoms with Crippen molar-refractivity contribution in [3.8, 4) is 0 Å². The molecule has 1 amide bonds. The Morgan fingerprint density at radius 3 is 1.08 bits per heavy atom. The molecule has 0 aromatic heterocycles. The van der Waals surface area contributed by atoms with Gasteiger partial charge in [0, 0.05) is 0 Å². The standard InChI is InChI=1S/C56H111NO9/c1-3-5-7-9-11-13-15-17-19-21-22-23-24-25-26-27-29-31-33-35-37-39-41-43-45-50(60)55(64)57-48(47-65-56-54(63)53(62)52(61)51(46-58)66-56)49(59)44-42-40-38-36-34-32-30-28-20-18-16-14-12-10-8-6-4-2/h48-54,56,58-63H,3-47H2,1-2H3,(H,57,64). The summed E-state index contributed by atoms with van der Waals surface area (Å²) in [7, 11) is 0. The number of amides is 1. The minimum atomic E-state index is -1.59. The topological polar surface area (TPSA) is 169 Å². The molecule has 0 aromatic carbocycles. The fraction of sp³-hybridized carbons (Fsp3) is 0.982. The van der Waals surface area contributed by atoms with Crippen LogP contribution in [0.4, 0.5) is 0 Å². The van der Waals surface area contributed by atoms with Crippen LogP contribution in [-0.2, 0) is 14.3 Å². The smallest absolute Gasteiger partial charge is 0.249 e. The summed E-state index contributed by atoms with van der Waals surface area (Å²) >= 11 is 0. The third-order valence-corrected chi connectivity index (χ3v) is 14.3. The van der Waals surface area contributed by atoms with Gasteiger partial charge in [0.1, 0.15) is 30.5 Å². The Kier molecular flexibility index (Phi) is 44.5. The van der Waals surface area contributed by atoms with E-state index in [2.05, 4.69) is 19.2 Å². The van der Waals surface area contributed by atoms with E-state index in [1.54, 1.807) is 0 Å². The molecule has 8 unspecified atom stereocenters. The molecule has 0 saturated carbocycles. The molecule has 1 rings (SSSR count). The molecule has 0 radical (unpaired) electrons. The van der Waals surface area contributed by atoms with E-state index >= 15 is 0 Å². The molecule has 10 heteroatoms. The monoisotopic (exact) mass is 942 g/mol. The summed E-state index contributed by atoms with van der Waals surface area (Å²) in [4.78, 5) is 13.1. The minimum absolute atomic E-state index is 0.249. The van der Waals surface area contributed by atoms with Gasteiger partial charge in [0.15, 0.2) is 6.29 Å². The van der Waals surface area contributed by atoms with E-state index in [4.69, 9.17) is 9.47 Å². The van der Waals surface area contributed by atoms with Gasteiger partial charge in [-0.05, 0) is 12.8 Å². The van der Waals surface area contributed by atoms with Crippen LogP contribution in [0.1, 0.15) is 290 Å². The highest BCUT2D eigenvalue weighted by Gasteiger charge is 2.44. The molecular weight excluding hydrogens is 831 g/mol. The third-order valence-electron chi connectivity index (χ3n) is 14.3. The number of aliphatic hydroxyl groups excluding tert-OH is 6. The number of nitrogens with one attached hydrogen (secondary N) is 1. The zero-order valence-electron chi connectivity index (χ0n) is 43.3. The van der Waals surface area contributed by atoms with E-state index in [0.29, 0.717) is 12.8 Å². The second-order valence-corrected chi connectivity index (χ2v) is 20.6. The van der Waals surface area contributed by atoms with E-state index in [0.717, 1.165) is 38.5 Å². The summed E-state index contributed by atoms with van der Waals surface area (Å²) in [5.41, 5.74) is 0. The van der Waals surface area contributed by atoms with Gasteiger partial charge in [-0.1, -0.05) is 277 Å². The molecule has 10 nitrogen and oxygen atoms in total. The zero-order valence-corrected chi connectivity index (χ0v) is 43.3. The summed E-state index contributed by atoms with van der Waals surface area (Å²) in [5, 5.41) is 65.2. The van der Waals surface area contributed by atoms with Crippen molar-refractivity contribution in [1.82, 2.24) is 5.32 Å². The first-order chi connectivity index (χ1) is 32.3. The molecule has 1 aliphatic heterocycles. The Morgan fingerprint density at radius 2 is 0.758 bits per heavy atom. The predicted molar refractivity (Wildman–Crippen MR) is 274 cm³/mol. The van der Waals surface area contributed by atoms with Gasteiger partial charge in [0.2, 0.25) is 5.91 Å². The lowest BCUT2D eigenvalue weighted by molar-refractivity contribution is -0.302. The van der Waals surface area contributed by atoms with Gasteiger partial charge in [0.25, 0.3) is 0 Å². The van der Waals surface area contributed by atoms with Crippen molar-refractivity contribution < 1.29 is 44.9 Å². The van der Waals surface area contributed by atoms with Crippen LogP contribution in [0.15, 0.2) is 0 Å². The lowest BCUT2D eigenvalue weighted by Gasteiger charge is -2.40. The number of carbonyl (C=O) groups is 1. The summed E-state index contributed by atoms with van der Waals surface area (Å²) in [6.07, 6.45) is 44.5. The van der Waals surface area contributed by atoms with Crippen molar-refractivity contribution in [2.75, 3.05) is 13.2 Å². The second-order valence-electron chi connectivity index (χ2n) is 20.6. The summed E-state index contributed by atoms with van der Waals surface area (Å²) in [6, 6.07) is -0.889. The molecule has 0 bridgehead atoms. The molecule has 1 saturated heterocycles. The average molecular weight is 943 g/mol. The van der Waals surface area contributed by atoms with Crippen molar-refractivity contribution in [3.63, 3.8) is 0 Å². The summed E-state index contributed by atoms with van der Waals surface area (Å²) in [6.45, 7) is 3.72. The van der Waals surface area contributed by atoms with Gasteiger partial charge >= 0.3 is 0 Å². The molecule has 1 fully saturated rings. The first kappa shape index (κ1) is 63.2. The van der Waals surface area contributed by atoms with Crippen LogP contribution in [0.2, 0.25) is 0 Å². The van der Waals surface area contributed by atoms with E-state index < -0.39 is 61.5 Å². The molecule has 1 heterocycles. The van der Waals surface area contributed by atoms with Gasteiger partial charge in [0.05, 0.1) is 25.4 Å². The van der Waals surface area contributed by atoms with Crippen LogP contribution in [0.5, 0.6) is 0 Å². The second kappa shape index (κ2) is 46.5. The Hall–Kier alpha value is -0.850. The third kappa shape index (κ3) is 35.3. The quantitative estimate of drug-likeness (QED) is 0.0294. The number of rotatable bonds is 50. The number of hydrogen-bond acceptors (Lipinski definition) is 9. The largest absolute Gasteiger partial charge is 0.394 e. The number of ether oxygens (including phenoxy) is 2. The van der Waals surface area contributed by atoms with E-state index in [9.17, 15) is 35.4 Å². The maximum Gasteiger partial charge on any atom is 0.249 e. The summed E-state index contributed by atoms with van der Waals surface area (Å²) < 4.78 is 11.2. The molecule has 0 spiro atoms. The van der Waals surface area contributed by atoms with Crippen molar-refractivity contribution >= 4 is 5.91 Å². The normalized spacial score (nSPS) is 20.2. The Balaban J connectivity index is 2.23. The first-order valence-corrected chi connectivity index (χ1v) is 28.8. The van der Waals surface area contributed by atoms with Gasteiger partial charge in [-0.2, -0.15) is 0 Å². The van der Waals surface area contributed by atoms with Gasteiger partial charge < -0.3 is 45.4 Å². The first-order valence-electron chi connectivity index (χ1n) is 28.8. The molecule has 0 aliphatic carbocycles. The van der Waals surface area contributed by atoms with Crippen LogP contribution in [-0.4, -0.2) is 98.7 Å². The number of carbonyl (C=O) groups excluding carboxylic acids is 1. The van der Waals surface area contributed by atoms with Crippen LogP contribution in [0.25, 0.3) is 0 Å². The maximum absolute atomic E-state index is 13.1. The van der Waals surface area contributed by atoms with Crippen LogP contribution in [0, 0.1) is 0 Å². The van der Waals surface area contributed by atoms with Crippen molar-refractivity contribution in [2.24, 2.45) is 0 Å². The molecule has 8 atom stereocenters. The fourth-order valence-corrected chi connectivity index (χ4v) is 9.64. The van der Waals surface area contributed by atoms with Crippen LogP contribution >= 0.6 is 0 Å². The number of unbranched alkanes of at least 4 members (excludes halogenated alkanes) is 39. The van der Waals surface area contributed by atoms with E-state index in [-0.39, 0.29) is 6.61 Å². The number of aliphatic hydroxyl groups is 6. The van der Waals surface area contributed by atoms with Crippen molar-refractivity contribution in [1.29, 1.82) is 0 Å². The Bertz CT molecular complexity index is 1020. The highest BCUT2D eigenvalue weighted by Crippen LogP contribution is 2.23. The Morgan fingerprint density at radius 1 is 0.455 bits per heavy atom. The zero-order chi connectivity index (χ0) is 48.1. The predicted octanol–water partition coefficient (Wildman–Crippen LogP) is 12.8. The summed E-state index contributed by atoms with van der Waals surface area (Å²) in [5.74, 6) is -0.576. The highest BCUT2D eigenvalue weighted by atomic mass is 16.7. The van der Waals surface area contributed by atoms with Crippen LogP contribution in [0.3, 0.4) is 0 Å². The van der Waals surface area contributed by atoms with Crippen molar-refractivity contribution in [2.45, 2.75) is 339 Å². The Labute approximate surface area is 407 Å². The van der Waals surface area contributed by atoms with Gasteiger partial charge in [-0.25, -0.2) is 0 Å². The molecule has 0 aromatic rings. The molecule has 394 valence electrons. The lowest BCUT2D eigenvalue weighted by Crippen LogP contribution is -2.60. The maximum atomic E-state index is 13.1. The fourth-order valence-electron chi connectivity index (χ4n) is 9.64. The number of hydrogen-bond donors (Lipinski definition) is 7. The minimum Gasteiger partial charge on any atom is -0.394 e. The molecule has 66 heavy (non-hydrogen) atoms. The van der Waals surface area contributed by atoms with Crippen molar-refractivity contribution in [3.05, 3.63) is 0 Å². The average Bonchev–Trinajstić information content (AvgIpc) is 3.32. The van der Waals surface area contributed by atoms with Crippen LogP contribution < -0.4 is 5.32 Å².